The molecule has 0 radical (unpaired) electrons. The van der Waals surface area contributed by atoms with E-state index in [1.54, 1.807) is 0 Å². The zero-order valence-electron chi connectivity index (χ0n) is 10.1. The minimum Gasteiger partial charge on any atom is -0.398 e. The van der Waals surface area contributed by atoms with Crippen LogP contribution < -0.4 is 5.73 Å². The maximum atomic E-state index is 5.98. The zero-order chi connectivity index (χ0) is 12.5. The quantitative estimate of drug-likeness (QED) is 0.791. The van der Waals surface area contributed by atoms with Crippen LogP contribution in [0.25, 0.3) is 0 Å². The van der Waals surface area contributed by atoms with Crippen LogP contribution in [0.5, 0.6) is 0 Å². The second-order valence-corrected chi connectivity index (χ2v) is 5.18. The molecule has 92 valence electrons. The Morgan fingerprint density at radius 2 is 2.17 bits per heavy atom. The van der Waals surface area contributed by atoms with Crippen LogP contribution >= 0.6 is 11.6 Å². The SMILES string of the molecule is Nc1cc(C2CCCc3cccnc32)ccc1Cl. The number of nitrogen functional groups attached to an aromatic ring is 1. The summed E-state index contributed by atoms with van der Waals surface area (Å²) in [6.07, 6.45) is 5.33. The molecule has 0 saturated carbocycles. The van der Waals surface area contributed by atoms with Gasteiger partial charge in [-0.2, -0.15) is 0 Å². The number of halogens is 1. The molecule has 3 rings (SSSR count). The Bertz CT molecular complexity index is 580. The van der Waals surface area contributed by atoms with Crippen LogP contribution in [0.4, 0.5) is 5.69 Å². The Kier molecular flexibility index (Phi) is 2.96. The Morgan fingerprint density at radius 3 is 3.00 bits per heavy atom. The van der Waals surface area contributed by atoms with Gasteiger partial charge in [-0.1, -0.05) is 23.7 Å². The van der Waals surface area contributed by atoms with E-state index in [1.165, 1.54) is 23.2 Å². The smallest absolute Gasteiger partial charge is 0.0635 e. The normalized spacial score (nSPS) is 18.4. The summed E-state index contributed by atoms with van der Waals surface area (Å²) < 4.78 is 0. The molecule has 1 aliphatic carbocycles. The minimum absolute atomic E-state index is 0.356. The number of fused-ring (bicyclic) bond motifs is 1. The van der Waals surface area contributed by atoms with Crippen molar-refractivity contribution in [3.8, 4) is 0 Å². The highest BCUT2D eigenvalue weighted by atomic mass is 35.5. The fourth-order valence-electron chi connectivity index (χ4n) is 2.71. The molecule has 0 aliphatic heterocycles. The minimum atomic E-state index is 0.356. The van der Waals surface area contributed by atoms with Crippen molar-refractivity contribution in [2.45, 2.75) is 25.2 Å². The predicted molar refractivity (Wildman–Crippen MR) is 74.9 cm³/mol. The number of hydrogen-bond donors (Lipinski definition) is 1. The van der Waals surface area contributed by atoms with Gasteiger partial charge in [-0.15, -0.1) is 0 Å². The first kappa shape index (κ1) is 11.5. The van der Waals surface area contributed by atoms with E-state index in [4.69, 9.17) is 17.3 Å². The number of hydrogen-bond acceptors (Lipinski definition) is 2. The molecule has 2 N–H and O–H groups in total. The second-order valence-electron chi connectivity index (χ2n) is 4.77. The summed E-state index contributed by atoms with van der Waals surface area (Å²) in [4.78, 5) is 4.56. The van der Waals surface area contributed by atoms with Crippen molar-refractivity contribution < 1.29 is 0 Å². The van der Waals surface area contributed by atoms with E-state index >= 15 is 0 Å². The molecule has 0 spiro atoms. The third-order valence-corrected chi connectivity index (χ3v) is 3.96. The monoisotopic (exact) mass is 258 g/mol. The summed E-state index contributed by atoms with van der Waals surface area (Å²) in [5.41, 5.74) is 10.3. The topological polar surface area (TPSA) is 38.9 Å². The van der Waals surface area contributed by atoms with E-state index in [2.05, 4.69) is 17.1 Å². The van der Waals surface area contributed by atoms with Gasteiger partial charge < -0.3 is 5.73 Å². The van der Waals surface area contributed by atoms with Crippen molar-refractivity contribution in [3.05, 3.63) is 58.4 Å². The fraction of sp³-hybridized carbons (Fsp3) is 0.267. The average molecular weight is 259 g/mol. The third-order valence-electron chi connectivity index (χ3n) is 3.62. The highest BCUT2D eigenvalue weighted by molar-refractivity contribution is 6.33. The van der Waals surface area contributed by atoms with Crippen LogP contribution in [0.2, 0.25) is 5.02 Å². The number of aromatic nitrogens is 1. The highest BCUT2D eigenvalue weighted by Gasteiger charge is 2.23. The van der Waals surface area contributed by atoms with Crippen molar-refractivity contribution >= 4 is 17.3 Å². The molecule has 1 aliphatic rings. The van der Waals surface area contributed by atoms with Crippen LogP contribution in [-0.2, 0) is 6.42 Å². The molecule has 2 nitrogen and oxygen atoms in total. The molecule has 1 heterocycles. The number of anilines is 1. The van der Waals surface area contributed by atoms with Crippen molar-refractivity contribution in [2.75, 3.05) is 5.73 Å². The van der Waals surface area contributed by atoms with E-state index in [-0.39, 0.29) is 0 Å². The lowest BCUT2D eigenvalue weighted by atomic mass is 9.82. The average Bonchev–Trinajstić information content (AvgIpc) is 2.41. The number of nitrogens with two attached hydrogens (primary N) is 1. The molecule has 0 amide bonds. The summed E-state index contributed by atoms with van der Waals surface area (Å²) in [5, 5.41) is 0.621. The van der Waals surface area contributed by atoms with Crippen molar-refractivity contribution in [3.63, 3.8) is 0 Å². The standard InChI is InChI=1S/C15H15ClN2/c16-13-7-6-11(9-14(13)17)12-5-1-3-10-4-2-8-18-15(10)12/h2,4,6-9,12H,1,3,5,17H2. The van der Waals surface area contributed by atoms with Crippen molar-refractivity contribution in [2.24, 2.45) is 0 Å². The molecule has 0 fully saturated rings. The third kappa shape index (κ3) is 1.97. The van der Waals surface area contributed by atoms with Gasteiger partial charge in [0.1, 0.15) is 0 Å². The van der Waals surface area contributed by atoms with Crippen LogP contribution in [-0.4, -0.2) is 4.98 Å². The molecule has 1 aromatic heterocycles. The predicted octanol–water partition coefficient (Wildman–Crippen LogP) is 3.79. The van der Waals surface area contributed by atoms with Gasteiger partial charge in [-0.05, 0) is 48.6 Å². The van der Waals surface area contributed by atoms with Crippen LogP contribution in [0.15, 0.2) is 36.5 Å². The Morgan fingerprint density at radius 1 is 1.28 bits per heavy atom. The number of pyridine rings is 1. The number of benzene rings is 1. The Balaban J connectivity index is 2.05. The van der Waals surface area contributed by atoms with Crippen LogP contribution in [0, 0.1) is 0 Å². The Hall–Kier alpha value is -1.54. The van der Waals surface area contributed by atoms with Gasteiger partial charge in [-0.25, -0.2) is 0 Å². The molecule has 18 heavy (non-hydrogen) atoms. The Labute approximate surface area is 112 Å². The molecule has 0 saturated heterocycles. The lowest BCUT2D eigenvalue weighted by molar-refractivity contribution is 0.599. The van der Waals surface area contributed by atoms with E-state index < -0.39 is 0 Å². The maximum Gasteiger partial charge on any atom is 0.0635 e. The molecule has 2 aromatic rings. The van der Waals surface area contributed by atoms with Gasteiger partial charge >= 0.3 is 0 Å². The number of rotatable bonds is 1. The van der Waals surface area contributed by atoms with E-state index in [9.17, 15) is 0 Å². The maximum absolute atomic E-state index is 5.98. The molecule has 1 atom stereocenters. The first-order valence-electron chi connectivity index (χ1n) is 6.24. The lowest BCUT2D eigenvalue weighted by Crippen LogP contribution is -2.13. The molecule has 1 aromatic carbocycles. The van der Waals surface area contributed by atoms with Gasteiger partial charge in [-0.3, -0.25) is 4.98 Å². The van der Waals surface area contributed by atoms with Gasteiger partial charge in [0, 0.05) is 12.1 Å². The largest absolute Gasteiger partial charge is 0.398 e. The summed E-state index contributed by atoms with van der Waals surface area (Å²) in [6.45, 7) is 0. The summed E-state index contributed by atoms with van der Waals surface area (Å²) in [6, 6.07) is 10.1. The highest BCUT2D eigenvalue weighted by Crippen LogP contribution is 2.36. The summed E-state index contributed by atoms with van der Waals surface area (Å²) in [5.74, 6) is 0.356. The van der Waals surface area contributed by atoms with E-state index in [0.717, 1.165) is 12.8 Å². The molecule has 0 bridgehead atoms. The van der Waals surface area contributed by atoms with Crippen LogP contribution in [0.1, 0.15) is 35.6 Å². The van der Waals surface area contributed by atoms with E-state index in [1.807, 2.05) is 24.4 Å². The first-order valence-corrected chi connectivity index (χ1v) is 6.62. The zero-order valence-corrected chi connectivity index (χ0v) is 10.8. The van der Waals surface area contributed by atoms with Gasteiger partial charge in [0.2, 0.25) is 0 Å². The molecule has 1 unspecified atom stereocenters. The van der Waals surface area contributed by atoms with E-state index in [0.29, 0.717) is 16.6 Å². The number of aryl methyl sites for hydroxylation is 1. The second kappa shape index (κ2) is 4.62. The first-order chi connectivity index (χ1) is 8.75. The van der Waals surface area contributed by atoms with Crippen LogP contribution in [0.3, 0.4) is 0 Å². The van der Waals surface area contributed by atoms with Crippen molar-refractivity contribution in [1.82, 2.24) is 4.98 Å². The summed E-state index contributed by atoms with van der Waals surface area (Å²) in [7, 11) is 0. The van der Waals surface area contributed by atoms with Gasteiger partial charge in [0.15, 0.2) is 0 Å². The molecule has 3 heteroatoms. The van der Waals surface area contributed by atoms with Crippen molar-refractivity contribution in [1.29, 1.82) is 0 Å². The fourth-order valence-corrected chi connectivity index (χ4v) is 2.83. The summed E-state index contributed by atoms with van der Waals surface area (Å²) >= 11 is 5.98. The molecular formula is C15H15ClN2. The van der Waals surface area contributed by atoms with Gasteiger partial charge in [0.05, 0.1) is 16.4 Å². The number of nitrogens with zero attached hydrogens (tertiary/aromatic N) is 1. The molecular weight excluding hydrogens is 244 g/mol. The van der Waals surface area contributed by atoms with Gasteiger partial charge in [0.25, 0.3) is 0 Å². The lowest BCUT2D eigenvalue weighted by Gasteiger charge is -2.24.